The van der Waals surface area contributed by atoms with Crippen molar-refractivity contribution in [2.45, 2.75) is 0 Å². The molecule has 22 heavy (non-hydrogen) atoms. The van der Waals surface area contributed by atoms with E-state index in [9.17, 15) is 14.0 Å². The summed E-state index contributed by atoms with van der Waals surface area (Å²) in [5, 5.41) is 5.35. The monoisotopic (exact) mass is 322 g/mol. The number of hydrogen-bond acceptors (Lipinski definition) is 3. The molecule has 0 aliphatic rings. The minimum Gasteiger partial charge on any atom is -0.308 e. The van der Waals surface area contributed by atoms with Crippen molar-refractivity contribution in [3.8, 4) is 0 Å². The predicted molar refractivity (Wildman–Crippen MR) is 82.1 cm³/mol. The Morgan fingerprint density at radius 1 is 1.09 bits per heavy atom. The molecule has 0 aliphatic heterocycles. The molecule has 0 fully saturated rings. The zero-order valence-corrected chi connectivity index (χ0v) is 11.9. The minimum atomic E-state index is -0.655. The van der Waals surface area contributed by atoms with E-state index in [4.69, 9.17) is 17.4 Å². The van der Waals surface area contributed by atoms with E-state index in [0.29, 0.717) is 10.7 Å². The van der Waals surface area contributed by atoms with Crippen LogP contribution in [0.4, 0.5) is 20.6 Å². The van der Waals surface area contributed by atoms with Gasteiger partial charge < -0.3 is 10.6 Å². The van der Waals surface area contributed by atoms with Gasteiger partial charge in [-0.2, -0.15) is 0 Å². The van der Waals surface area contributed by atoms with Gasteiger partial charge in [0.2, 0.25) is 0 Å². The van der Waals surface area contributed by atoms with Crippen molar-refractivity contribution in [1.82, 2.24) is 5.43 Å². The molecule has 0 unspecified atom stereocenters. The van der Waals surface area contributed by atoms with Gasteiger partial charge in [-0.1, -0.05) is 17.7 Å². The molecule has 0 radical (unpaired) electrons. The lowest BCUT2D eigenvalue weighted by Gasteiger charge is -2.11. The van der Waals surface area contributed by atoms with Crippen molar-refractivity contribution in [3.63, 3.8) is 0 Å². The first-order valence-electron chi connectivity index (χ1n) is 6.13. The normalized spacial score (nSPS) is 9.95. The number of nitrogen functional groups attached to an aromatic ring is 1. The van der Waals surface area contributed by atoms with Crippen LogP contribution in [0.3, 0.4) is 0 Å². The van der Waals surface area contributed by atoms with Crippen LogP contribution >= 0.6 is 11.6 Å². The number of halogens is 2. The average molecular weight is 323 g/mol. The Labute approximate surface area is 130 Å². The number of amides is 3. The Kier molecular flexibility index (Phi) is 4.92. The topological polar surface area (TPSA) is 96.2 Å². The summed E-state index contributed by atoms with van der Waals surface area (Å²) in [4.78, 5) is 23.5. The van der Waals surface area contributed by atoms with Crippen LogP contribution in [0.25, 0.3) is 0 Å². The molecule has 0 aliphatic carbocycles. The van der Waals surface area contributed by atoms with Crippen molar-refractivity contribution in [1.29, 1.82) is 0 Å². The highest BCUT2D eigenvalue weighted by Gasteiger charge is 2.13. The minimum absolute atomic E-state index is 0.0116. The zero-order chi connectivity index (χ0) is 16.1. The molecule has 8 heteroatoms. The summed E-state index contributed by atoms with van der Waals surface area (Å²) in [7, 11) is 0. The quantitative estimate of drug-likeness (QED) is 0.397. The van der Waals surface area contributed by atoms with Gasteiger partial charge in [0.05, 0.1) is 11.3 Å². The van der Waals surface area contributed by atoms with Gasteiger partial charge in [-0.3, -0.25) is 10.2 Å². The van der Waals surface area contributed by atoms with Crippen molar-refractivity contribution in [2.75, 3.05) is 10.6 Å². The second kappa shape index (κ2) is 6.88. The number of hydrogen-bond donors (Lipinski definition) is 4. The lowest BCUT2D eigenvalue weighted by Crippen LogP contribution is -2.31. The number of urea groups is 1. The highest BCUT2D eigenvalue weighted by atomic mass is 35.5. The lowest BCUT2D eigenvalue weighted by atomic mass is 10.1. The first-order chi connectivity index (χ1) is 10.5. The zero-order valence-electron chi connectivity index (χ0n) is 11.2. The first kappa shape index (κ1) is 15.7. The maximum atomic E-state index is 13.3. The molecular formula is C14H12ClFN4O2. The number of anilines is 2. The van der Waals surface area contributed by atoms with Gasteiger partial charge in [-0.15, -0.1) is 0 Å². The number of rotatable bonds is 3. The number of carbonyl (C=O) groups excluding carboxylic acids is 2. The van der Waals surface area contributed by atoms with E-state index in [-0.39, 0.29) is 11.3 Å². The van der Waals surface area contributed by atoms with Crippen LogP contribution in [0, 0.1) is 5.82 Å². The molecule has 0 saturated carbocycles. The summed E-state index contributed by atoms with van der Waals surface area (Å²) in [6.07, 6.45) is 0. The molecule has 0 heterocycles. The number of benzene rings is 2. The molecular weight excluding hydrogens is 311 g/mol. The Morgan fingerprint density at radius 2 is 1.86 bits per heavy atom. The molecule has 0 bridgehead atoms. The molecule has 0 atom stereocenters. The van der Waals surface area contributed by atoms with Crippen LogP contribution in [0.2, 0.25) is 5.02 Å². The SMILES string of the molecule is NNC(=O)c1ccc(F)cc1NC(=O)Nc1cccc(Cl)c1. The van der Waals surface area contributed by atoms with Gasteiger partial charge in [0.25, 0.3) is 5.91 Å². The third kappa shape index (κ3) is 3.94. The van der Waals surface area contributed by atoms with Crippen molar-refractivity contribution >= 4 is 34.9 Å². The van der Waals surface area contributed by atoms with Crippen LogP contribution in [-0.2, 0) is 0 Å². The molecule has 114 valence electrons. The Balaban J connectivity index is 2.17. The molecule has 0 saturated heterocycles. The van der Waals surface area contributed by atoms with E-state index in [1.807, 2.05) is 5.43 Å². The predicted octanol–water partition coefficient (Wildman–Crippen LogP) is 2.73. The molecule has 2 rings (SSSR count). The highest BCUT2D eigenvalue weighted by molar-refractivity contribution is 6.30. The second-order valence-corrected chi connectivity index (χ2v) is 4.69. The lowest BCUT2D eigenvalue weighted by molar-refractivity contribution is 0.0954. The Hall–Kier alpha value is -2.64. The summed E-state index contributed by atoms with van der Waals surface area (Å²) >= 11 is 5.81. The van der Waals surface area contributed by atoms with Gasteiger partial charge in [-0.05, 0) is 36.4 Å². The summed E-state index contributed by atoms with van der Waals surface area (Å²) in [6, 6.07) is 9.15. The maximum absolute atomic E-state index is 13.3. The average Bonchev–Trinajstić information content (AvgIpc) is 2.46. The van der Waals surface area contributed by atoms with Crippen LogP contribution in [0.15, 0.2) is 42.5 Å². The number of hydrazine groups is 1. The second-order valence-electron chi connectivity index (χ2n) is 4.25. The van der Waals surface area contributed by atoms with Crippen LogP contribution in [0.5, 0.6) is 0 Å². The van der Waals surface area contributed by atoms with Gasteiger partial charge >= 0.3 is 6.03 Å². The van der Waals surface area contributed by atoms with Crippen molar-refractivity contribution < 1.29 is 14.0 Å². The maximum Gasteiger partial charge on any atom is 0.323 e. The Morgan fingerprint density at radius 3 is 2.55 bits per heavy atom. The molecule has 2 aromatic rings. The molecule has 2 aromatic carbocycles. The standard InChI is InChI=1S/C14H12ClFN4O2/c15-8-2-1-3-10(6-8)18-14(22)19-12-7-9(16)4-5-11(12)13(21)20-17/h1-7H,17H2,(H,20,21)(H2,18,19,22). The summed E-state index contributed by atoms with van der Waals surface area (Å²) in [5.74, 6) is 3.79. The van der Waals surface area contributed by atoms with Crippen molar-refractivity contribution in [2.24, 2.45) is 5.84 Å². The van der Waals surface area contributed by atoms with Gasteiger partial charge in [0, 0.05) is 10.7 Å². The highest BCUT2D eigenvalue weighted by Crippen LogP contribution is 2.19. The van der Waals surface area contributed by atoms with Gasteiger partial charge in [0.15, 0.2) is 0 Å². The Bertz CT molecular complexity index is 724. The van der Waals surface area contributed by atoms with Crippen LogP contribution in [0.1, 0.15) is 10.4 Å². The van der Waals surface area contributed by atoms with Crippen molar-refractivity contribution in [3.05, 3.63) is 58.9 Å². The van der Waals surface area contributed by atoms with E-state index in [0.717, 1.165) is 12.1 Å². The van der Waals surface area contributed by atoms with Gasteiger partial charge in [0.1, 0.15) is 5.82 Å². The fraction of sp³-hybridized carbons (Fsp3) is 0. The summed E-state index contributed by atoms with van der Waals surface area (Å²) < 4.78 is 13.3. The van der Waals surface area contributed by atoms with E-state index in [2.05, 4.69) is 10.6 Å². The van der Waals surface area contributed by atoms with E-state index < -0.39 is 17.8 Å². The molecule has 6 nitrogen and oxygen atoms in total. The van der Waals surface area contributed by atoms with Crippen LogP contribution in [-0.4, -0.2) is 11.9 Å². The van der Waals surface area contributed by atoms with E-state index in [1.165, 1.54) is 6.07 Å². The first-order valence-corrected chi connectivity index (χ1v) is 6.51. The largest absolute Gasteiger partial charge is 0.323 e. The summed E-state index contributed by atoms with van der Waals surface area (Å²) in [6.45, 7) is 0. The number of nitrogens with one attached hydrogen (secondary N) is 3. The summed E-state index contributed by atoms with van der Waals surface area (Å²) in [5.41, 5.74) is 2.39. The smallest absolute Gasteiger partial charge is 0.308 e. The van der Waals surface area contributed by atoms with E-state index >= 15 is 0 Å². The van der Waals surface area contributed by atoms with E-state index in [1.54, 1.807) is 24.3 Å². The third-order valence-electron chi connectivity index (χ3n) is 2.69. The number of nitrogens with two attached hydrogens (primary N) is 1. The van der Waals surface area contributed by atoms with Gasteiger partial charge in [-0.25, -0.2) is 15.0 Å². The third-order valence-corrected chi connectivity index (χ3v) is 2.92. The molecule has 0 spiro atoms. The van der Waals surface area contributed by atoms with Crippen LogP contribution < -0.4 is 21.9 Å². The molecule has 5 N–H and O–H groups in total. The number of carbonyl (C=O) groups is 2. The molecule has 0 aromatic heterocycles. The fourth-order valence-corrected chi connectivity index (χ4v) is 1.94. The molecule has 3 amide bonds. The fourth-order valence-electron chi connectivity index (χ4n) is 1.75.